The summed E-state index contributed by atoms with van der Waals surface area (Å²) >= 11 is 0. The van der Waals surface area contributed by atoms with Crippen LogP contribution in [-0.2, 0) is 11.2 Å². The average Bonchev–Trinajstić information content (AvgIpc) is 2.03. The Balaban J connectivity index is 2.97. The number of hydrogen-bond acceptors (Lipinski definition) is 2. The molecule has 0 saturated heterocycles. The fraction of sp³-hybridized carbons (Fsp3) is 0.455. The molecule has 1 aromatic heterocycles. The molecule has 2 nitrogen and oxygen atoms in total. The maximum atomic E-state index is 11.0. The van der Waals surface area contributed by atoms with Crippen LogP contribution >= 0.6 is 0 Å². The molecular weight excluding hydrogens is 162 g/mol. The van der Waals surface area contributed by atoms with Crippen LogP contribution in [0.15, 0.2) is 18.5 Å². The van der Waals surface area contributed by atoms with Crippen molar-refractivity contribution in [3.05, 3.63) is 29.6 Å². The summed E-state index contributed by atoms with van der Waals surface area (Å²) in [6, 6.07) is 1.93. The molecule has 0 N–H and O–H groups in total. The molecule has 0 spiro atoms. The third kappa shape index (κ3) is 2.65. The number of rotatable bonds is 3. The second-order valence-electron chi connectivity index (χ2n) is 3.61. The van der Waals surface area contributed by atoms with Crippen molar-refractivity contribution < 1.29 is 4.79 Å². The monoisotopic (exact) mass is 177 g/mol. The highest BCUT2D eigenvalue weighted by Crippen LogP contribution is 2.18. The summed E-state index contributed by atoms with van der Waals surface area (Å²) in [4.78, 5) is 15.0. The Morgan fingerprint density at radius 3 is 2.77 bits per heavy atom. The van der Waals surface area contributed by atoms with E-state index in [0.29, 0.717) is 12.3 Å². The molecular formula is C11H15NO. The van der Waals surface area contributed by atoms with Gasteiger partial charge in [0.25, 0.3) is 0 Å². The van der Waals surface area contributed by atoms with Gasteiger partial charge in [0.15, 0.2) is 0 Å². The molecule has 2 heteroatoms. The smallest absolute Gasteiger partial charge is 0.134 e. The van der Waals surface area contributed by atoms with Crippen LogP contribution in [0.4, 0.5) is 0 Å². The van der Waals surface area contributed by atoms with Crippen LogP contribution in [0.3, 0.4) is 0 Å². The first-order chi connectivity index (χ1) is 6.11. The largest absolute Gasteiger partial charge is 0.300 e. The molecule has 0 aliphatic rings. The summed E-state index contributed by atoms with van der Waals surface area (Å²) in [6.45, 7) is 5.84. The van der Waals surface area contributed by atoms with Crippen molar-refractivity contribution in [1.82, 2.24) is 4.98 Å². The van der Waals surface area contributed by atoms with E-state index >= 15 is 0 Å². The van der Waals surface area contributed by atoms with Crippen molar-refractivity contribution in [2.45, 2.75) is 33.1 Å². The van der Waals surface area contributed by atoms with Gasteiger partial charge < -0.3 is 0 Å². The highest BCUT2D eigenvalue weighted by molar-refractivity contribution is 5.78. The van der Waals surface area contributed by atoms with Gasteiger partial charge in [-0.25, -0.2) is 0 Å². The Labute approximate surface area is 79.0 Å². The maximum absolute atomic E-state index is 11.0. The minimum Gasteiger partial charge on any atom is -0.300 e. The lowest BCUT2D eigenvalue weighted by atomic mass is 9.97. The van der Waals surface area contributed by atoms with Crippen LogP contribution in [0.25, 0.3) is 0 Å². The number of hydrogen-bond donors (Lipinski definition) is 0. The van der Waals surface area contributed by atoms with Gasteiger partial charge in [-0.2, -0.15) is 0 Å². The Morgan fingerprint density at radius 1 is 1.54 bits per heavy atom. The second kappa shape index (κ2) is 4.17. The van der Waals surface area contributed by atoms with E-state index in [1.54, 1.807) is 13.1 Å². The fourth-order valence-corrected chi connectivity index (χ4v) is 1.38. The summed E-state index contributed by atoms with van der Waals surface area (Å²) in [5.41, 5.74) is 2.29. The zero-order valence-corrected chi connectivity index (χ0v) is 8.37. The zero-order chi connectivity index (χ0) is 9.84. The lowest BCUT2D eigenvalue weighted by Gasteiger charge is -2.09. The van der Waals surface area contributed by atoms with Crippen molar-refractivity contribution in [2.24, 2.45) is 0 Å². The predicted molar refractivity (Wildman–Crippen MR) is 52.7 cm³/mol. The normalized spacial score (nSPS) is 10.5. The van der Waals surface area contributed by atoms with Crippen LogP contribution < -0.4 is 0 Å². The van der Waals surface area contributed by atoms with Crippen molar-refractivity contribution in [3.8, 4) is 0 Å². The van der Waals surface area contributed by atoms with E-state index in [2.05, 4.69) is 18.8 Å². The molecule has 0 aliphatic carbocycles. The van der Waals surface area contributed by atoms with Crippen LogP contribution in [0.2, 0.25) is 0 Å². The minimum absolute atomic E-state index is 0.202. The lowest BCUT2D eigenvalue weighted by Crippen LogP contribution is -2.02. The maximum Gasteiger partial charge on any atom is 0.134 e. The van der Waals surface area contributed by atoms with E-state index in [-0.39, 0.29) is 5.78 Å². The molecule has 0 amide bonds. The van der Waals surface area contributed by atoms with E-state index in [0.717, 1.165) is 5.56 Å². The van der Waals surface area contributed by atoms with Gasteiger partial charge in [-0.1, -0.05) is 13.8 Å². The number of carbonyl (C=O) groups excluding carboxylic acids is 1. The molecule has 0 atom stereocenters. The third-order valence-corrected chi connectivity index (χ3v) is 2.01. The van der Waals surface area contributed by atoms with E-state index in [4.69, 9.17) is 0 Å². The highest BCUT2D eigenvalue weighted by atomic mass is 16.1. The van der Waals surface area contributed by atoms with Crippen molar-refractivity contribution >= 4 is 5.78 Å². The van der Waals surface area contributed by atoms with Crippen molar-refractivity contribution in [2.75, 3.05) is 0 Å². The Morgan fingerprint density at radius 2 is 2.23 bits per heavy atom. The Bertz CT molecular complexity index is 305. The molecule has 1 rings (SSSR count). The van der Waals surface area contributed by atoms with Gasteiger partial charge in [0.05, 0.1) is 0 Å². The molecule has 0 aliphatic heterocycles. The third-order valence-electron chi connectivity index (χ3n) is 2.01. The number of carbonyl (C=O) groups is 1. The quantitative estimate of drug-likeness (QED) is 0.709. The molecule has 0 radical (unpaired) electrons. The predicted octanol–water partition coefficient (Wildman–Crippen LogP) is 2.34. The summed E-state index contributed by atoms with van der Waals surface area (Å²) in [6.07, 6.45) is 4.11. The van der Waals surface area contributed by atoms with E-state index < -0.39 is 0 Å². The van der Waals surface area contributed by atoms with Crippen LogP contribution in [0, 0.1) is 0 Å². The first-order valence-electron chi connectivity index (χ1n) is 4.53. The average molecular weight is 177 g/mol. The Hall–Kier alpha value is -1.18. The van der Waals surface area contributed by atoms with Gasteiger partial charge in [0, 0.05) is 18.8 Å². The van der Waals surface area contributed by atoms with Gasteiger partial charge in [0.1, 0.15) is 5.78 Å². The van der Waals surface area contributed by atoms with Gasteiger partial charge in [-0.3, -0.25) is 9.78 Å². The molecule has 1 heterocycles. The summed E-state index contributed by atoms with van der Waals surface area (Å²) in [7, 11) is 0. The Kier molecular flexibility index (Phi) is 3.18. The first kappa shape index (κ1) is 9.90. The number of aromatic nitrogens is 1. The standard InChI is InChI=1S/C11H15NO/c1-8(2)11-7-12-5-4-10(11)6-9(3)13/h4-5,7-8H,6H2,1-3H3. The summed E-state index contributed by atoms with van der Waals surface area (Å²) in [5, 5.41) is 0. The van der Waals surface area contributed by atoms with Crippen LogP contribution in [0.5, 0.6) is 0 Å². The second-order valence-corrected chi connectivity index (χ2v) is 3.61. The lowest BCUT2D eigenvalue weighted by molar-refractivity contribution is -0.116. The van der Waals surface area contributed by atoms with Gasteiger partial charge >= 0.3 is 0 Å². The van der Waals surface area contributed by atoms with Gasteiger partial charge in [-0.15, -0.1) is 0 Å². The van der Waals surface area contributed by atoms with E-state index in [1.807, 2.05) is 12.3 Å². The number of Topliss-reactive ketones (excluding diaryl/α,β-unsaturated/α-hetero) is 1. The van der Waals surface area contributed by atoms with E-state index in [9.17, 15) is 4.79 Å². The zero-order valence-electron chi connectivity index (χ0n) is 8.37. The van der Waals surface area contributed by atoms with Crippen molar-refractivity contribution in [3.63, 3.8) is 0 Å². The topological polar surface area (TPSA) is 30.0 Å². The summed E-state index contributed by atoms with van der Waals surface area (Å²) < 4.78 is 0. The highest BCUT2D eigenvalue weighted by Gasteiger charge is 2.07. The van der Waals surface area contributed by atoms with Crippen LogP contribution in [0.1, 0.15) is 37.8 Å². The number of nitrogens with zero attached hydrogens (tertiary/aromatic N) is 1. The van der Waals surface area contributed by atoms with E-state index in [1.165, 1.54) is 5.56 Å². The number of ketones is 1. The fourth-order valence-electron chi connectivity index (χ4n) is 1.38. The van der Waals surface area contributed by atoms with Crippen LogP contribution in [-0.4, -0.2) is 10.8 Å². The molecule has 0 saturated carbocycles. The molecule has 0 fully saturated rings. The first-order valence-corrected chi connectivity index (χ1v) is 4.53. The molecule has 70 valence electrons. The molecule has 0 bridgehead atoms. The molecule has 13 heavy (non-hydrogen) atoms. The van der Waals surface area contributed by atoms with Gasteiger partial charge in [-0.05, 0) is 30.0 Å². The van der Waals surface area contributed by atoms with Gasteiger partial charge in [0.2, 0.25) is 0 Å². The SMILES string of the molecule is CC(=O)Cc1ccncc1C(C)C. The molecule has 0 aromatic carbocycles. The number of pyridine rings is 1. The molecule has 0 unspecified atom stereocenters. The summed E-state index contributed by atoms with van der Waals surface area (Å²) in [5.74, 6) is 0.635. The minimum atomic E-state index is 0.202. The van der Waals surface area contributed by atoms with Crippen molar-refractivity contribution in [1.29, 1.82) is 0 Å². The molecule has 1 aromatic rings.